The second-order valence-corrected chi connectivity index (χ2v) is 4.81. The molecule has 0 radical (unpaired) electrons. The number of hydrogen-bond acceptors (Lipinski definition) is 2. The molecule has 1 heterocycles. The summed E-state index contributed by atoms with van der Waals surface area (Å²) < 4.78 is 0. The zero-order valence-electron chi connectivity index (χ0n) is 9.99. The van der Waals surface area contributed by atoms with E-state index < -0.39 is 0 Å². The first-order valence-electron chi connectivity index (χ1n) is 5.80. The van der Waals surface area contributed by atoms with Crippen LogP contribution in [0.4, 0.5) is 4.79 Å². The summed E-state index contributed by atoms with van der Waals surface area (Å²) in [5.41, 5.74) is 5.70. The smallest absolute Gasteiger partial charge is 0.317 e. The number of rotatable bonds is 2. The Labute approximate surface area is 92.2 Å². The van der Waals surface area contributed by atoms with Crippen molar-refractivity contribution < 1.29 is 4.79 Å². The molecule has 0 spiro atoms. The first-order valence-corrected chi connectivity index (χ1v) is 5.80. The Hall–Kier alpha value is -0.770. The number of hydrogen-bond donors (Lipinski definition) is 2. The molecule has 1 fully saturated rings. The van der Waals surface area contributed by atoms with Gasteiger partial charge in [0.15, 0.2) is 0 Å². The summed E-state index contributed by atoms with van der Waals surface area (Å²) in [7, 11) is 0. The van der Waals surface area contributed by atoms with Gasteiger partial charge in [0, 0.05) is 19.1 Å². The topological polar surface area (TPSA) is 58.4 Å². The largest absolute Gasteiger partial charge is 0.336 e. The summed E-state index contributed by atoms with van der Waals surface area (Å²) in [6.45, 7) is 8.50. The molecule has 88 valence electrons. The monoisotopic (exact) mass is 213 g/mol. The minimum atomic E-state index is 0.0513. The van der Waals surface area contributed by atoms with E-state index in [0.29, 0.717) is 18.4 Å². The number of carbonyl (C=O) groups is 1. The van der Waals surface area contributed by atoms with Crippen LogP contribution in [0.5, 0.6) is 0 Å². The van der Waals surface area contributed by atoms with Crippen molar-refractivity contribution in [1.82, 2.24) is 10.2 Å². The number of likely N-dealkylation sites (tertiary alicyclic amines) is 1. The highest BCUT2D eigenvalue weighted by Crippen LogP contribution is 2.22. The molecular weight excluding hydrogens is 190 g/mol. The quantitative estimate of drug-likeness (QED) is 0.719. The molecule has 15 heavy (non-hydrogen) atoms. The average molecular weight is 213 g/mol. The molecule has 2 unspecified atom stereocenters. The fourth-order valence-electron chi connectivity index (χ4n) is 1.98. The lowest BCUT2D eigenvalue weighted by atomic mass is 9.87. The molecule has 3 N–H and O–H groups in total. The Kier molecular flexibility index (Phi) is 4.39. The second-order valence-electron chi connectivity index (χ2n) is 4.81. The minimum Gasteiger partial charge on any atom is -0.336 e. The Morgan fingerprint density at radius 3 is 2.80 bits per heavy atom. The maximum Gasteiger partial charge on any atom is 0.317 e. The molecule has 0 aromatic heterocycles. The highest BCUT2D eigenvalue weighted by molar-refractivity contribution is 5.74. The van der Waals surface area contributed by atoms with Crippen molar-refractivity contribution >= 4 is 6.03 Å². The van der Waals surface area contributed by atoms with Gasteiger partial charge in [-0.2, -0.15) is 0 Å². The first-order chi connectivity index (χ1) is 7.04. The van der Waals surface area contributed by atoms with Crippen LogP contribution < -0.4 is 11.1 Å². The van der Waals surface area contributed by atoms with E-state index in [1.54, 1.807) is 0 Å². The van der Waals surface area contributed by atoms with Crippen molar-refractivity contribution in [2.45, 2.75) is 33.2 Å². The number of amides is 2. The number of nitrogens with two attached hydrogens (primary N) is 1. The van der Waals surface area contributed by atoms with Crippen LogP contribution in [0.25, 0.3) is 0 Å². The van der Waals surface area contributed by atoms with Crippen molar-refractivity contribution in [1.29, 1.82) is 0 Å². The molecule has 1 saturated heterocycles. The Morgan fingerprint density at radius 1 is 1.60 bits per heavy atom. The molecule has 1 aliphatic heterocycles. The highest BCUT2D eigenvalue weighted by Gasteiger charge is 2.27. The third kappa shape index (κ3) is 3.38. The van der Waals surface area contributed by atoms with E-state index >= 15 is 0 Å². The SMILES string of the molecule is CC(C)NC(=O)N1CCC(C)C(CN)C1. The fourth-order valence-corrected chi connectivity index (χ4v) is 1.98. The summed E-state index contributed by atoms with van der Waals surface area (Å²) in [6, 6.07) is 0.253. The first kappa shape index (κ1) is 12.3. The maximum atomic E-state index is 11.8. The van der Waals surface area contributed by atoms with Crippen LogP contribution in [0.2, 0.25) is 0 Å². The Bertz CT molecular complexity index is 218. The summed E-state index contributed by atoms with van der Waals surface area (Å²) in [5, 5.41) is 2.92. The molecule has 0 aliphatic carbocycles. The van der Waals surface area contributed by atoms with E-state index in [9.17, 15) is 4.79 Å². The van der Waals surface area contributed by atoms with Gasteiger partial charge < -0.3 is 16.0 Å². The van der Waals surface area contributed by atoms with Crippen LogP contribution in [-0.4, -0.2) is 36.6 Å². The fraction of sp³-hybridized carbons (Fsp3) is 0.909. The number of nitrogens with zero attached hydrogens (tertiary/aromatic N) is 1. The zero-order valence-corrected chi connectivity index (χ0v) is 9.99. The summed E-state index contributed by atoms with van der Waals surface area (Å²) in [5.74, 6) is 1.09. The van der Waals surface area contributed by atoms with Gasteiger partial charge in [0.25, 0.3) is 0 Å². The minimum absolute atomic E-state index is 0.0513. The number of carbonyl (C=O) groups excluding carboxylic acids is 1. The molecule has 0 aromatic carbocycles. The van der Waals surface area contributed by atoms with E-state index in [-0.39, 0.29) is 12.1 Å². The number of piperidine rings is 1. The predicted octanol–water partition coefficient (Wildman–Crippen LogP) is 1.02. The third-order valence-electron chi connectivity index (χ3n) is 3.12. The van der Waals surface area contributed by atoms with Gasteiger partial charge in [0.2, 0.25) is 0 Å². The molecule has 0 saturated carbocycles. The molecule has 2 amide bonds. The molecule has 4 nitrogen and oxygen atoms in total. The molecular formula is C11H23N3O. The summed E-state index contributed by atoms with van der Waals surface area (Å²) in [6.07, 6.45) is 1.06. The number of nitrogens with one attached hydrogen (secondary N) is 1. The van der Waals surface area contributed by atoms with E-state index in [2.05, 4.69) is 12.2 Å². The number of urea groups is 1. The van der Waals surface area contributed by atoms with Gasteiger partial charge in [-0.3, -0.25) is 0 Å². The normalized spacial score (nSPS) is 26.9. The second kappa shape index (κ2) is 5.35. The van der Waals surface area contributed by atoms with Gasteiger partial charge in [-0.15, -0.1) is 0 Å². The van der Waals surface area contributed by atoms with E-state index in [0.717, 1.165) is 19.5 Å². The van der Waals surface area contributed by atoms with Gasteiger partial charge in [-0.1, -0.05) is 6.92 Å². The van der Waals surface area contributed by atoms with Gasteiger partial charge in [-0.05, 0) is 38.6 Å². The molecule has 0 aromatic rings. The van der Waals surface area contributed by atoms with Crippen LogP contribution in [0, 0.1) is 11.8 Å². The predicted molar refractivity (Wildman–Crippen MR) is 61.6 cm³/mol. The zero-order chi connectivity index (χ0) is 11.4. The molecule has 1 rings (SSSR count). The van der Waals surface area contributed by atoms with Gasteiger partial charge >= 0.3 is 6.03 Å². The standard InChI is InChI=1S/C11H23N3O/c1-8(2)13-11(15)14-5-4-9(3)10(6-12)7-14/h8-10H,4-7,12H2,1-3H3,(H,13,15). The highest BCUT2D eigenvalue weighted by atomic mass is 16.2. The van der Waals surface area contributed by atoms with Crippen LogP contribution in [0.3, 0.4) is 0 Å². The van der Waals surface area contributed by atoms with Crippen LogP contribution in [0.15, 0.2) is 0 Å². The average Bonchev–Trinajstić information content (AvgIpc) is 2.17. The van der Waals surface area contributed by atoms with Gasteiger partial charge in [-0.25, -0.2) is 4.79 Å². The van der Waals surface area contributed by atoms with Crippen molar-refractivity contribution in [2.24, 2.45) is 17.6 Å². The lowest BCUT2D eigenvalue weighted by Gasteiger charge is -2.36. The molecule has 4 heteroatoms. The van der Waals surface area contributed by atoms with Crippen molar-refractivity contribution in [3.8, 4) is 0 Å². The van der Waals surface area contributed by atoms with E-state index in [1.807, 2.05) is 18.7 Å². The summed E-state index contributed by atoms with van der Waals surface area (Å²) in [4.78, 5) is 13.6. The summed E-state index contributed by atoms with van der Waals surface area (Å²) >= 11 is 0. The van der Waals surface area contributed by atoms with Gasteiger partial charge in [0.05, 0.1) is 0 Å². The molecule has 2 atom stereocenters. The lowest BCUT2D eigenvalue weighted by Crippen LogP contribution is -2.50. The van der Waals surface area contributed by atoms with E-state index in [1.165, 1.54) is 0 Å². The molecule has 0 bridgehead atoms. The van der Waals surface area contributed by atoms with Crippen molar-refractivity contribution in [2.75, 3.05) is 19.6 Å². The van der Waals surface area contributed by atoms with Crippen LogP contribution >= 0.6 is 0 Å². The van der Waals surface area contributed by atoms with E-state index in [4.69, 9.17) is 5.73 Å². The maximum absolute atomic E-state index is 11.8. The van der Waals surface area contributed by atoms with Crippen molar-refractivity contribution in [3.63, 3.8) is 0 Å². The Balaban J connectivity index is 2.47. The third-order valence-corrected chi connectivity index (χ3v) is 3.12. The van der Waals surface area contributed by atoms with Crippen molar-refractivity contribution in [3.05, 3.63) is 0 Å². The van der Waals surface area contributed by atoms with Gasteiger partial charge in [0.1, 0.15) is 0 Å². The van der Waals surface area contributed by atoms with Crippen LogP contribution in [-0.2, 0) is 0 Å². The molecule has 1 aliphatic rings. The van der Waals surface area contributed by atoms with Crippen LogP contribution in [0.1, 0.15) is 27.2 Å². The Morgan fingerprint density at radius 2 is 2.27 bits per heavy atom. The lowest BCUT2D eigenvalue weighted by molar-refractivity contribution is 0.138.